The lowest BCUT2D eigenvalue weighted by molar-refractivity contribution is 0.210. The Labute approximate surface area is 110 Å². The SMILES string of the molecule is NNC(C1CCCCC1)C1Cc2ccccc2C1. The van der Waals surface area contributed by atoms with Crippen molar-refractivity contribution >= 4 is 0 Å². The first kappa shape index (κ1) is 12.2. The van der Waals surface area contributed by atoms with Gasteiger partial charge in [0.1, 0.15) is 0 Å². The molecule has 3 N–H and O–H groups in total. The Kier molecular flexibility index (Phi) is 3.67. The maximum atomic E-state index is 5.87. The predicted molar refractivity (Wildman–Crippen MR) is 75.0 cm³/mol. The van der Waals surface area contributed by atoms with Gasteiger partial charge in [-0.05, 0) is 48.6 Å². The molecule has 2 aliphatic carbocycles. The summed E-state index contributed by atoms with van der Waals surface area (Å²) >= 11 is 0. The molecule has 0 radical (unpaired) electrons. The summed E-state index contributed by atoms with van der Waals surface area (Å²) in [4.78, 5) is 0. The van der Waals surface area contributed by atoms with Crippen LogP contribution in [-0.4, -0.2) is 6.04 Å². The third kappa shape index (κ3) is 2.32. The minimum absolute atomic E-state index is 0.512. The number of fused-ring (bicyclic) bond motifs is 1. The van der Waals surface area contributed by atoms with Gasteiger partial charge in [0, 0.05) is 6.04 Å². The Hall–Kier alpha value is -0.860. The first-order chi connectivity index (χ1) is 8.88. The van der Waals surface area contributed by atoms with Crippen molar-refractivity contribution in [2.75, 3.05) is 0 Å². The van der Waals surface area contributed by atoms with E-state index in [1.807, 2.05) is 0 Å². The molecular formula is C16H24N2. The van der Waals surface area contributed by atoms with Crippen LogP contribution >= 0.6 is 0 Å². The van der Waals surface area contributed by atoms with Crippen molar-refractivity contribution in [1.82, 2.24) is 5.43 Å². The zero-order valence-electron chi connectivity index (χ0n) is 11.1. The minimum Gasteiger partial charge on any atom is -0.271 e. The molecule has 2 nitrogen and oxygen atoms in total. The van der Waals surface area contributed by atoms with Crippen LogP contribution in [0.15, 0.2) is 24.3 Å². The van der Waals surface area contributed by atoms with Crippen molar-refractivity contribution in [2.24, 2.45) is 17.7 Å². The summed E-state index contributed by atoms with van der Waals surface area (Å²) in [6, 6.07) is 9.39. The number of nitrogens with one attached hydrogen (secondary N) is 1. The van der Waals surface area contributed by atoms with Gasteiger partial charge in [-0.1, -0.05) is 43.5 Å². The van der Waals surface area contributed by atoms with E-state index in [0.717, 1.165) is 5.92 Å². The Morgan fingerprint density at radius 1 is 0.944 bits per heavy atom. The fraction of sp³-hybridized carbons (Fsp3) is 0.625. The van der Waals surface area contributed by atoms with Crippen LogP contribution in [0.5, 0.6) is 0 Å². The van der Waals surface area contributed by atoms with Crippen LogP contribution in [0.1, 0.15) is 43.2 Å². The van der Waals surface area contributed by atoms with E-state index in [9.17, 15) is 0 Å². The van der Waals surface area contributed by atoms with Crippen LogP contribution in [0.2, 0.25) is 0 Å². The lowest BCUT2D eigenvalue weighted by Crippen LogP contribution is -2.47. The molecule has 0 aliphatic heterocycles. The molecule has 0 aromatic heterocycles. The average Bonchev–Trinajstić information content (AvgIpc) is 2.84. The number of nitrogens with two attached hydrogens (primary N) is 1. The number of benzene rings is 1. The van der Waals surface area contributed by atoms with Gasteiger partial charge in [0.05, 0.1) is 0 Å². The molecule has 98 valence electrons. The molecule has 2 aliphatic rings. The highest BCUT2D eigenvalue weighted by atomic mass is 15.2. The van der Waals surface area contributed by atoms with Gasteiger partial charge in [-0.15, -0.1) is 0 Å². The van der Waals surface area contributed by atoms with Crippen molar-refractivity contribution < 1.29 is 0 Å². The van der Waals surface area contributed by atoms with Crippen molar-refractivity contribution in [1.29, 1.82) is 0 Å². The highest BCUT2D eigenvalue weighted by molar-refractivity contribution is 5.32. The van der Waals surface area contributed by atoms with Crippen LogP contribution < -0.4 is 11.3 Å². The van der Waals surface area contributed by atoms with Crippen molar-refractivity contribution in [3.63, 3.8) is 0 Å². The third-order valence-corrected chi connectivity index (χ3v) is 4.94. The molecule has 0 saturated heterocycles. The van der Waals surface area contributed by atoms with Gasteiger partial charge in [0.25, 0.3) is 0 Å². The van der Waals surface area contributed by atoms with Gasteiger partial charge < -0.3 is 0 Å². The van der Waals surface area contributed by atoms with Crippen LogP contribution in [0.3, 0.4) is 0 Å². The maximum absolute atomic E-state index is 5.87. The zero-order valence-corrected chi connectivity index (χ0v) is 11.1. The summed E-state index contributed by atoms with van der Waals surface area (Å²) in [5, 5.41) is 0. The fourth-order valence-corrected chi connectivity index (χ4v) is 4.00. The third-order valence-electron chi connectivity index (χ3n) is 4.94. The second-order valence-corrected chi connectivity index (χ2v) is 6.03. The molecule has 0 heterocycles. The monoisotopic (exact) mass is 244 g/mol. The first-order valence-corrected chi connectivity index (χ1v) is 7.41. The highest BCUT2D eigenvalue weighted by Crippen LogP contribution is 2.35. The molecule has 0 spiro atoms. The molecule has 18 heavy (non-hydrogen) atoms. The smallest absolute Gasteiger partial charge is 0.0273 e. The summed E-state index contributed by atoms with van der Waals surface area (Å²) in [5.41, 5.74) is 6.23. The molecule has 0 bridgehead atoms. The lowest BCUT2D eigenvalue weighted by Gasteiger charge is -2.33. The van der Waals surface area contributed by atoms with E-state index in [1.165, 1.54) is 44.9 Å². The van der Waals surface area contributed by atoms with E-state index in [4.69, 9.17) is 5.84 Å². The van der Waals surface area contributed by atoms with E-state index in [2.05, 4.69) is 29.7 Å². The summed E-state index contributed by atoms with van der Waals surface area (Å²) in [5.74, 6) is 7.37. The molecule has 1 atom stereocenters. The van der Waals surface area contributed by atoms with Gasteiger partial charge in [0.2, 0.25) is 0 Å². The van der Waals surface area contributed by atoms with Crippen LogP contribution in [-0.2, 0) is 12.8 Å². The first-order valence-electron chi connectivity index (χ1n) is 7.41. The molecule has 2 heteroatoms. The Morgan fingerprint density at radius 2 is 1.56 bits per heavy atom. The zero-order chi connectivity index (χ0) is 12.4. The Morgan fingerprint density at radius 3 is 2.11 bits per heavy atom. The predicted octanol–water partition coefficient (Wildman–Crippen LogP) is 2.81. The van der Waals surface area contributed by atoms with Crippen LogP contribution in [0.25, 0.3) is 0 Å². The molecule has 1 unspecified atom stereocenters. The van der Waals surface area contributed by atoms with Crippen molar-refractivity contribution in [3.8, 4) is 0 Å². The summed E-state index contributed by atoms with van der Waals surface area (Å²) in [6.45, 7) is 0. The van der Waals surface area contributed by atoms with Crippen molar-refractivity contribution in [3.05, 3.63) is 35.4 Å². The van der Waals surface area contributed by atoms with Gasteiger partial charge in [-0.3, -0.25) is 11.3 Å². The van der Waals surface area contributed by atoms with Crippen LogP contribution in [0.4, 0.5) is 0 Å². The van der Waals surface area contributed by atoms with E-state index >= 15 is 0 Å². The molecule has 3 rings (SSSR count). The van der Waals surface area contributed by atoms with Gasteiger partial charge in [-0.2, -0.15) is 0 Å². The second kappa shape index (κ2) is 5.41. The number of hydrogen-bond donors (Lipinski definition) is 2. The van der Waals surface area contributed by atoms with E-state index in [-0.39, 0.29) is 0 Å². The average molecular weight is 244 g/mol. The Balaban J connectivity index is 1.71. The highest BCUT2D eigenvalue weighted by Gasteiger charge is 2.33. The van der Waals surface area contributed by atoms with E-state index in [1.54, 1.807) is 11.1 Å². The molecule has 1 saturated carbocycles. The maximum Gasteiger partial charge on any atom is 0.0273 e. The van der Waals surface area contributed by atoms with Gasteiger partial charge >= 0.3 is 0 Å². The van der Waals surface area contributed by atoms with E-state index < -0.39 is 0 Å². The number of hydrazine groups is 1. The summed E-state index contributed by atoms with van der Waals surface area (Å²) < 4.78 is 0. The molecular weight excluding hydrogens is 220 g/mol. The Bertz CT molecular complexity index is 371. The normalized spacial score (nSPS) is 22.9. The minimum atomic E-state index is 0.512. The summed E-state index contributed by atoms with van der Waals surface area (Å²) in [7, 11) is 0. The van der Waals surface area contributed by atoms with Crippen LogP contribution in [0, 0.1) is 11.8 Å². The molecule has 1 aromatic carbocycles. The molecule has 1 fully saturated rings. The van der Waals surface area contributed by atoms with Crippen molar-refractivity contribution in [2.45, 2.75) is 51.0 Å². The fourth-order valence-electron chi connectivity index (χ4n) is 4.00. The quantitative estimate of drug-likeness (QED) is 0.634. The number of hydrogen-bond acceptors (Lipinski definition) is 2. The van der Waals surface area contributed by atoms with Gasteiger partial charge in [0.15, 0.2) is 0 Å². The van der Waals surface area contributed by atoms with E-state index in [0.29, 0.717) is 12.0 Å². The standard InChI is InChI=1S/C16H24N2/c17-18-16(12-6-2-1-3-7-12)15-10-13-8-4-5-9-14(13)11-15/h4-5,8-9,12,15-16,18H,1-3,6-7,10-11,17H2. The van der Waals surface area contributed by atoms with Gasteiger partial charge in [-0.25, -0.2) is 0 Å². The summed E-state index contributed by atoms with van der Waals surface area (Å²) in [6.07, 6.45) is 9.34. The largest absolute Gasteiger partial charge is 0.271 e. The lowest BCUT2D eigenvalue weighted by atomic mass is 9.78. The molecule has 0 amide bonds. The molecule has 1 aromatic rings. The second-order valence-electron chi connectivity index (χ2n) is 6.03. The number of rotatable bonds is 3. The topological polar surface area (TPSA) is 38.0 Å².